The molecule has 2 aromatic rings. The van der Waals surface area contributed by atoms with E-state index in [9.17, 15) is 0 Å². The Morgan fingerprint density at radius 1 is 1.06 bits per heavy atom. The number of aryl methyl sites for hydroxylation is 1. The van der Waals surface area contributed by atoms with Gasteiger partial charge in [0, 0.05) is 6.04 Å². The minimum absolute atomic E-state index is 0.476. The molecule has 0 aliphatic rings. The van der Waals surface area contributed by atoms with Crippen LogP contribution in [-0.4, -0.2) is 16.0 Å². The average molecular weight is 229 g/mol. The number of aromatic nitrogens is 2. The maximum Gasteiger partial charge on any atom is 0.148 e. The predicted molar refractivity (Wildman–Crippen MR) is 72.3 cm³/mol. The number of nitrogens with zero attached hydrogens (tertiary/aromatic N) is 2. The molecule has 2 rings (SSSR count). The molecule has 0 saturated heterocycles. The summed E-state index contributed by atoms with van der Waals surface area (Å²) in [5.74, 6) is 0.914. The van der Waals surface area contributed by atoms with E-state index in [4.69, 9.17) is 0 Å². The van der Waals surface area contributed by atoms with E-state index < -0.39 is 0 Å². The van der Waals surface area contributed by atoms with Crippen LogP contribution in [0.2, 0.25) is 0 Å². The second-order valence-corrected chi connectivity index (χ2v) is 4.30. The molecule has 3 nitrogen and oxygen atoms in total. The Morgan fingerprint density at radius 2 is 1.65 bits per heavy atom. The minimum atomic E-state index is 0.476. The maximum absolute atomic E-state index is 4.64. The summed E-state index contributed by atoms with van der Waals surface area (Å²) in [6.45, 7) is 6.38. The van der Waals surface area contributed by atoms with Gasteiger partial charge in [-0.25, -0.2) is 9.97 Å². The molecule has 90 valence electrons. The van der Waals surface area contributed by atoms with Gasteiger partial charge in [0.25, 0.3) is 0 Å². The highest BCUT2D eigenvalue weighted by atomic mass is 15.0. The van der Waals surface area contributed by atoms with Crippen molar-refractivity contribution in [1.82, 2.24) is 9.97 Å². The maximum atomic E-state index is 4.64. The fourth-order valence-electron chi connectivity index (χ4n) is 1.91. The molecule has 0 bridgehead atoms. The molecule has 0 saturated carbocycles. The summed E-state index contributed by atoms with van der Waals surface area (Å²) in [5.41, 5.74) is 2.88. The third kappa shape index (κ3) is 2.54. The van der Waals surface area contributed by atoms with Gasteiger partial charge in [-0.3, -0.25) is 0 Å². The Morgan fingerprint density at radius 3 is 2.24 bits per heavy atom. The molecular weight excluding hydrogens is 210 g/mol. The summed E-state index contributed by atoms with van der Waals surface area (Å²) in [6.07, 6.45) is 2.20. The Labute approximate surface area is 102 Å². The summed E-state index contributed by atoms with van der Waals surface area (Å²) in [5, 5.41) is 3.47. The van der Waals surface area contributed by atoms with Crippen LogP contribution < -0.4 is 5.32 Å². The number of fused-ring (bicyclic) bond motifs is 1. The van der Waals surface area contributed by atoms with Gasteiger partial charge in [0.05, 0.1) is 16.7 Å². The van der Waals surface area contributed by atoms with Gasteiger partial charge in [-0.1, -0.05) is 26.0 Å². The summed E-state index contributed by atoms with van der Waals surface area (Å²) in [4.78, 5) is 9.21. The zero-order chi connectivity index (χ0) is 12.3. The van der Waals surface area contributed by atoms with Crippen LogP contribution in [0.4, 0.5) is 5.82 Å². The van der Waals surface area contributed by atoms with E-state index in [1.165, 1.54) is 0 Å². The lowest BCUT2D eigenvalue weighted by atomic mass is 10.1. The van der Waals surface area contributed by atoms with E-state index in [-0.39, 0.29) is 0 Å². The quantitative estimate of drug-likeness (QED) is 0.871. The number of rotatable bonds is 4. The largest absolute Gasteiger partial charge is 0.366 e. The summed E-state index contributed by atoms with van der Waals surface area (Å²) >= 11 is 0. The molecule has 0 aliphatic heterocycles. The molecule has 17 heavy (non-hydrogen) atoms. The highest BCUT2D eigenvalue weighted by Gasteiger charge is 2.08. The first-order valence-electron chi connectivity index (χ1n) is 6.24. The van der Waals surface area contributed by atoms with E-state index in [1.807, 2.05) is 31.2 Å². The molecular formula is C14H19N3. The van der Waals surface area contributed by atoms with Crippen LogP contribution in [0.5, 0.6) is 0 Å². The molecule has 1 heterocycles. The average Bonchev–Trinajstić information content (AvgIpc) is 2.36. The van der Waals surface area contributed by atoms with Crippen molar-refractivity contribution in [3.05, 3.63) is 30.0 Å². The molecule has 0 unspecified atom stereocenters. The molecule has 1 aromatic carbocycles. The Kier molecular flexibility index (Phi) is 3.57. The number of benzene rings is 1. The molecule has 0 spiro atoms. The van der Waals surface area contributed by atoms with E-state index in [0.717, 1.165) is 35.4 Å². The Bertz CT molecular complexity index is 504. The van der Waals surface area contributed by atoms with Crippen LogP contribution in [0.15, 0.2) is 24.3 Å². The highest BCUT2D eigenvalue weighted by Crippen LogP contribution is 2.17. The fraction of sp³-hybridized carbons (Fsp3) is 0.429. The van der Waals surface area contributed by atoms with Gasteiger partial charge < -0.3 is 5.32 Å². The highest BCUT2D eigenvalue weighted by molar-refractivity contribution is 5.76. The van der Waals surface area contributed by atoms with Crippen molar-refractivity contribution < 1.29 is 0 Å². The van der Waals surface area contributed by atoms with Gasteiger partial charge in [0.15, 0.2) is 0 Å². The number of hydrogen-bond donors (Lipinski definition) is 1. The normalized spacial score (nSPS) is 11.1. The summed E-state index contributed by atoms with van der Waals surface area (Å²) in [7, 11) is 0. The lowest BCUT2D eigenvalue weighted by Gasteiger charge is -2.17. The number of nitrogens with one attached hydrogen (secondary N) is 1. The molecule has 1 aromatic heterocycles. The van der Waals surface area contributed by atoms with Gasteiger partial charge in [-0.05, 0) is 31.9 Å². The van der Waals surface area contributed by atoms with Crippen molar-refractivity contribution in [3.8, 4) is 0 Å². The van der Waals surface area contributed by atoms with Crippen LogP contribution in [-0.2, 0) is 0 Å². The van der Waals surface area contributed by atoms with Crippen LogP contribution in [0.25, 0.3) is 11.0 Å². The second-order valence-electron chi connectivity index (χ2n) is 4.30. The molecule has 0 amide bonds. The summed E-state index contributed by atoms with van der Waals surface area (Å²) in [6, 6.07) is 8.46. The smallest absolute Gasteiger partial charge is 0.148 e. The Hall–Kier alpha value is -1.64. The Balaban J connectivity index is 2.37. The second kappa shape index (κ2) is 5.13. The van der Waals surface area contributed by atoms with Gasteiger partial charge in [0.2, 0.25) is 0 Å². The van der Waals surface area contributed by atoms with Crippen molar-refractivity contribution >= 4 is 16.9 Å². The fourth-order valence-corrected chi connectivity index (χ4v) is 1.91. The van der Waals surface area contributed by atoms with Gasteiger partial charge >= 0.3 is 0 Å². The monoisotopic (exact) mass is 229 g/mol. The molecule has 0 radical (unpaired) electrons. The predicted octanol–water partition coefficient (Wildman–Crippen LogP) is 3.54. The van der Waals surface area contributed by atoms with Crippen LogP contribution >= 0.6 is 0 Å². The molecule has 3 heteroatoms. The van der Waals surface area contributed by atoms with E-state index in [0.29, 0.717) is 6.04 Å². The third-order valence-corrected chi connectivity index (χ3v) is 3.07. The van der Waals surface area contributed by atoms with Crippen molar-refractivity contribution in [2.75, 3.05) is 5.32 Å². The standard InChI is InChI=1S/C14H19N3/c1-4-11(5-2)16-14-10(3)15-12-8-6-7-9-13(12)17-14/h6-9,11H,4-5H2,1-3H3,(H,16,17). The molecule has 1 N–H and O–H groups in total. The SMILES string of the molecule is CCC(CC)Nc1nc2ccccc2nc1C. The number of para-hydroxylation sites is 2. The van der Waals surface area contributed by atoms with Crippen molar-refractivity contribution in [1.29, 1.82) is 0 Å². The number of hydrogen-bond acceptors (Lipinski definition) is 3. The van der Waals surface area contributed by atoms with E-state index in [2.05, 4.69) is 29.1 Å². The first kappa shape index (κ1) is 11.8. The van der Waals surface area contributed by atoms with Crippen molar-refractivity contribution in [2.45, 2.75) is 39.7 Å². The van der Waals surface area contributed by atoms with E-state index in [1.54, 1.807) is 0 Å². The van der Waals surface area contributed by atoms with Gasteiger partial charge in [0.1, 0.15) is 5.82 Å². The zero-order valence-corrected chi connectivity index (χ0v) is 10.7. The molecule has 0 atom stereocenters. The molecule has 0 fully saturated rings. The lowest BCUT2D eigenvalue weighted by Crippen LogP contribution is -2.19. The van der Waals surface area contributed by atoms with Gasteiger partial charge in [-0.2, -0.15) is 0 Å². The van der Waals surface area contributed by atoms with Crippen LogP contribution in [0.3, 0.4) is 0 Å². The van der Waals surface area contributed by atoms with Crippen LogP contribution in [0, 0.1) is 6.92 Å². The van der Waals surface area contributed by atoms with E-state index >= 15 is 0 Å². The topological polar surface area (TPSA) is 37.8 Å². The zero-order valence-electron chi connectivity index (χ0n) is 10.7. The first-order valence-corrected chi connectivity index (χ1v) is 6.24. The lowest BCUT2D eigenvalue weighted by molar-refractivity contribution is 0.667. The number of anilines is 1. The van der Waals surface area contributed by atoms with Crippen LogP contribution in [0.1, 0.15) is 32.4 Å². The molecule has 0 aliphatic carbocycles. The van der Waals surface area contributed by atoms with Crippen molar-refractivity contribution in [3.63, 3.8) is 0 Å². The van der Waals surface area contributed by atoms with Crippen molar-refractivity contribution in [2.24, 2.45) is 0 Å². The minimum Gasteiger partial charge on any atom is -0.366 e. The summed E-state index contributed by atoms with van der Waals surface area (Å²) < 4.78 is 0. The third-order valence-electron chi connectivity index (χ3n) is 3.07. The first-order chi connectivity index (χ1) is 8.24. The van der Waals surface area contributed by atoms with Gasteiger partial charge in [-0.15, -0.1) is 0 Å².